The van der Waals surface area contributed by atoms with E-state index in [9.17, 15) is 9.59 Å². The molecule has 0 radical (unpaired) electrons. The fourth-order valence-corrected chi connectivity index (χ4v) is 2.49. The summed E-state index contributed by atoms with van der Waals surface area (Å²) in [7, 11) is 0. The van der Waals surface area contributed by atoms with E-state index in [-0.39, 0.29) is 12.5 Å². The fraction of sp³-hybridized carbons (Fsp3) is 0.846. The van der Waals surface area contributed by atoms with Gasteiger partial charge in [0.2, 0.25) is 5.91 Å². The summed E-state index contributed by atoms with van der Waals surface area (Å²) in [5.41, 5.74) is 0. The lowest BCUT2D eigenvalue weighted by molar-refractivity contribution is -0.148. The molecule has 1 fully saturated rings. The van der Waals surface area contributed by atoms with Gasteiger partial charge in [-0.2, -0.15) is 0 Å². The molecule has 1 amide bonds. The number of aliphatic hydroxyl groups is 1. The molecule has 0 aliphatic carbocycles. The summed E-state index contributed by atoms with van der Waals surface area (Å²) < 4.78 is 0. The van der Waals surface area contributed by atoms with E-state index in [1.807, 2.05) is 6.92 Å². The first kappa shape index (κ1) is 15.9. The second-order valence-corrected chi connectivity index (χ2v) is 4.84. The van der Waals surface area contributed by atoms with Crippen LogP contribution in [0.5, 0.6) is 0 Å². The number of carboxylic acid groups (broad SMARTS) is 1. The van der Waals surface area contributed by atoms with Crippen LogP contribution in [-0.2, 0) is 9.59 Å². The zero-order chi connectivity index (χ0) is 14.3. The average Bonchev–Trinajstić information content (AvgIpc) is 2.86. The van der Waals surface area contributed by atoms with Crippen LogP contribution < -0.4 is 0 Å². The van der Waals surface area contributed by atoms with Crippen molar-refractivity contribution in [2.45, 2.75) is 38.6 Å². The molecular formula is C13H24N2O4. The minimum atomic E-state index is -0.902. The Labute approximate surface area is 114 Å². The Morgan fingerprint density at radius 2 is 2.11 bits per heavy atom. The first-order valence-corrected chi connectivity index (χ1v) is 6.95. The van der Waals surface area contributed by atoms with E-state index in [1.54, 1.807) is 0 Å². The molecule has 1 rings (SSSR count). The third kappa shape index (κ3) is 4.80. The zero-order valence-electron chi connectivity index (χ0n) is 11.5. The van der Waals surface area contributed by atoms with Crippen molar-refractivity contribution < 1.29 is 19.8 Å². The molecule has 1 saturated heterocycles. The van der Waals surface area contributed by atoms with Crippen LogP contribution in [-0.4, -0.2) is 70.7 Å². The first-order valence-electron chi connectivity index (χ1n) is 6.95. The highest BCUT2D eigenvalue weighted by molar-refractivity contribution is 5.84. The highest BCUT2D eigenvalue weighted by Gasteiger charge is 2.33. The topological polar surface area (TPSA) is 81.1 Å². The third-order valence-electron chi connectivity index (χ3n) is 3.59. The molecule has 6 nitrogen and oxygen atoms in total. The number of amides is 1. The maximum Gasteiger partial charge on any atom is 0.326 e. The summed E-state index contributed by atoms with van der Waals surface area (Å²) >= 11 is 0. The summed E-state index contributed by atoms with van der Waals surface area (Å²) in [5, 5.41) is 17.9. The van der Waals surface area contributed by atoms with Gasteiger partial charge in [0, 0.05) is 19.5 Å². The number of aliphatic carboxylic acids is 1. The Bertz CT molecular complexity index is 309. The molecule has 19 heavy (non-hydrogen) atoms. The number of hydrogen-bond donors (Lipinski definition) is 2. The highest BCUT2D eigenvalue weighted by Crippen LogP contribution is 2.18. The summed E-state index contributed by atoms with van der Waals surface area (Å²) in [4.78, 5) is 26.5. The number of hydrogen-bond acceptors (Lipinski definition) is 4. The number of aliphatic hydroxyl groups excluding tert-OH is 1. The van der Waals surface area contributed by atoms with E-state index in [0.717, 1.165) is 19.5 Å². The monoisotopic (exact) mass is 272 g/mol. The van der Waals surface area contributed by atoms with Crippen LogP contribution in [0, 0.1) is 0 Å². The van der Waals surface area contributed by atoms with Gasteiger partial charge in [0.05, 0.1) is 6.61 Å². The lowest BCUT2D eigenvalue weighted by Crippen LogP contribution is -2.40. The second-order valence-electron chi connectivity index (χ2n) is 4.84. The van der Waals surface area contributed by atoms with E-state index >= 15 is 0 Å². The van der Waals surface area contributed by atoms with Crippen LogP contribution in [0.2, 0.25) is 0 Å². The quantitative estimate of drug-likeness (QED) is 0.657. The molecule has 0 bridgehead atoms. The van der Waals surface area contributed by atoms with Gasteiger partial charge in [-0.1, -0.05) is 6.92 Å². The van der Waals surface area contributed by atoms with Gasteiger partial charge < -0.3 is 20.0 Å². The van der Waals surface area contributed by atoms with Crippen molar-refractivity contribution in [2.24, 2.45) is 0 Å². The second kappa shape index (κ2) is 8.12. The largest absolute Gasteiger partial charge is 0.480 e. The van der Waals surface area contributed by atoms with E-state index in [0.29, 0.717) is 32.4 Å². The van der Waals surface area contributed by atoms with Crippen molar-refractivity contribution in [1.29, 1.82) is 0 Å². The number of nitrogens with zero attached hydrogens (tertiary/aromatic N) is 2. The molecule has 0 saturated carbocycles. The van der Waals surface area contributed by atoms with Crippen LogP contribution in [0.1, 0.15) is 32.6 Å². The van der Waals surface area contributed by atoms with E-state index in [1.165, 1.54) is 4.90 Å². The predicted molar refractivity (Wildman–Crippen MR) is 70.8 cm³/mol. The molecule has 0 aromatic carbocycles. The number of likely N-dealkylation sites (N-methyl/N-ethyl adjacent to an activating group) is 1. The number of carbonyl (C=O) groups is 2. The summed E-state index contributed by atoms with van der Waals surface area (Å²) in [6.07, 6.45) is 2.42. The zero-order valence-corrected chi connectivity index (χ0v) is 11.5. The Balaban J connectivity index is 2.32. The molecule has 2 N–H and O–H groups in total. The predicted octanol–water partition coefficient (Wildman–Crippen LogP) is 0.156. The first-order chi connectivity index (χ1) is 9.10. The number of rotatable bonds is 8. The van der Waals surface area contributed by atoms with Crippen LogP contribution in [0.4, 0.5) is 0 Å². The maximum absolute atomic E-state index is 12.0. The lowest BCUT2D eigenvalue weighted by Gasteiger charge is -2.23. The van der Waals surface area contributed by atoms with Gasteiger partial charge >= 0.3 is 5.97 Å². The van der Waals surface area contributed by atoms with Gasteiger partial charge in [-0.05, 0) is 32.4 Å². The molecule has 1 aliphatic rings. The van der Waals surface area contributed by atoms with Crippen LogP contribution >= 0.6 is 0 Å². The van der Waals surface area contributed by atoms with Gasteiger partial charge in [-0.15, -0.1) is 0 Å². The van der Waals surface area contributed by atoms with Crippen molar-refractivity contribution in [1.82, 2.24) is 9.80 Å². The number of carbonyl (C=O) groups excluding carboxylic acids is 1. The van der Waals surface area contributed by atoms with Crippen molar-refractivity contribution in [3.8, 4) is 0 Å². The molecule has 0 aromatic heterocycles. The Morgan fingerprint density at radius 3 is 2.68 bits per heavy atom. The summed E-state index contributed by atoms with van der Waals surface area (Å²) in [5.74, 6) is -0.966. The third-order valence-corrected chi connectivity index (χ3v) is 3.59. The Kier molecular flexibility index (Phi) is 6.80. The van der Waals surface area contributed by atoms with Gasteiger partial charge in [-0.3, -0.25) is 4.79 Å². The molecular weight excluding hydrogens is 248 g/mol. The van der Waals surface area contributed by atoms with Gasteiger partial charge in [0.1, 0.15) is 6.04 Å². The van der Waals surface area contributed by atoms with Gasteiger partial charge in [-0.25, -0.2) is 4.79 Å². The van der Waals surface area contributed by atoms with Crippen molar-refractivity contribution in [2.75, 3.05) is 32.8 Å². The van der Waals surface area contributed by atoms with Crippen LogP contribution in [0.3, 0.4) is 0 Å². The van der Waals surface area contributed by atoms with Crippen LogP contribution in [0.15, 0.2) is 0 Å². The van der Waals surface area contributed by atoms with E-state index in [4.69, 9.17) is 10.2 Å². The van der Waals surface area contributed by atoms with E-state index in [2.05, 4.69) is 4.90 Å². The summed E-state index contributed by atoms with van der Waals surface area (Å²) in [6.45, 7) is 4.91. The van der Waals surface area contributed by atoms with E-state index < -0.39 is 12.0 Å². The molecule has 110 valence electrons. The number of likely N-dealkylation sites (tertiary alicyclic amines) is 1. The van der Waals surface area contributed by atoms with Crippen molar-refractivity contribution >= 4 is 11.9 Å². The molecule has 6 heteroatoms. The standard InChI is InChI=1S/C13H24N2O4/c1-2-14(9-10-16)7-4-6-12(17)15-8-3-5-11(15)13(18)19/h11,16H,2-10H2,1H3,(H,18,19). The highest BCUT2D eigenvalue weighted by atomic mass is 16.4. The molecule has 0 spiro atoms. The van der Waals surface area contributed by atoms with Crippen molar-refractivity contribution in [3.63, 3.8) is 0 Å². The maximum atomic E-state index is 12.0. The SMILES string of the molecule is CCN(CCO)CCCC(=O)N1CCCC1C(=O)O. The minimum Gasteiger partial charge on any atom is -0.480 e. The van der Waals surface area contributed by atoms with Gasteiger partial charge in [0.15, 0.2) is 0 Å². The molecule has 1 heterocycles. The fourth-order valence-electron chi connectivity index (χ4n) is 2.49. The average molecular weight is 272 g/mol. The lowest BCUT2D eigenvalue weighted by atomic mass is 10.2. The minimum absolute atomic E-state index is 0.0649. The Hall–Kier alpha value is -1.14. The molecule has 1 atom stereocenters. The summed E-state index contributed by atoms with van der Waals surface area (Å²) in [6, 6.07) is -0.632. The molecule has 0 aromatic rings. The normalized spacial score (nSPS) is 19.1. The molecule has 1 aliphatic heterocycles. The smallest absolute Gasteiger partial charge is 0.326 e. The van der Waals surface area contributed by atoms with Crippen LogP contribution in [0.25, 0.3) is 0 Å². The van der Waals surface area contributed by atoms with Crippen molar-refractivity contribution in [3.05, 3.63) is 0 Å². The Morgan fingerprint density at radius 1 is 1.37 bits per heavy atom. The number of carboxylic acids is 1. The van der Waals surface area contributed by atoms with Gasteiger partial charge in [0.25, 0.3) is 0 Å². The molecule has 1 unspecified atom stereocenters.